The van der Waals surface area contributed by atoms with Gasteiger partial charge < -0.3 is 5.32 Å². The van der Waals surface area contributed by atoms with Crippen molar-refractivity contribution in [2.45, 2.75) is 31.7 Å². The maximum Gasteiger partial charge on any atom is 0.141 e. The summed E-state index contributed by atoms with van der Waals surface area (Å²) in [7, 11) is 0. The molecule has 0 aliphatic carbocycles. The zero-order valence-electron chi connectivity index (χ0n) is 8.60. The van der Waals surface area contributed by atoms with E-state index in [9.17, 15) is 4.39 Å². The minimum Gasteiger partial charge on any atom is -0.310 e. The summed E-state index contributed by atoms with van der Waals surface area (Å²) < 4.78 is 13.0. The molecule has 1 aromatic rings. The summed E-state index contributed by atoms with van der Waals surface area (Å²) in [4.78, 5) is 0. The highest BCUT2D eigenvalue weighted by molar-refractivity contribution is 6.30. The molecule has 1 aliphatic heterocycles. The van der Waals surface area contributed by atoms with Crippen LogP contribution in [0.25, 0.3) is 0 Å². The number of rotatable bonds is 1. The molecular formula is C12H15ClFN. The van der Waals surface area contributed by atoms with Crippen molar-refractivity contribution in [3.8, 4) is 0 Å². The van der Waals surface area contributed by atoms with Crippen LogP contribution >= 0.6 is 11.6 Å². The Bertz CT molecular complexity index is 332. The number of halogens is 2. The Balaban J connectivity index is 2.16. The van der Waals surface area contributed by atoms with Gasteiger partial charge in [0.15, 0.2) is 0 Å². The van der Waals surface area contributed by atoms with Gasteiger partial charge in [-0.25, -0.2) is 4.39 Å². The van der Waals surface area contributed by atoms with Crippen LogP contribution in [0, 0.1) is 5.82 Å². The van der Waals surface area contributed by atoms with Gasteiger partial charge in [0, 0.05) is 6.04 Å². The van der Waals surface area contributed by atoms with Gasteiger partial charge in [-0.15, -0.1) is 0 Å². The lowest BCUT2D eigenvalue weighted by Gasteiger charge is -2.16. The average molecular weight is 228 g/mol. The van der Waals surface area contributed by atoms with E-state index in [1.54, 1.807) is 6.07 Å². The number of nitrogens with one attached hydrogen (secondary N) is 1. The molecule has 82 valence electrons. The van der Waals surface area contributed by atoms with E-state index in [1.807, 2.05) is 6.07 Å². The van der Waals surface area contributed by atoms with Gasteiger partial charge in [0.05, 0.1) is 5.02 Å². The molecule has 1 N–H and O–H groups in total. The van der Waals surface area contributed by atoms with Crippen molar-refractivity contribution in [1.82, 2.24) is 5.32 Å². The monoisotopic (exact) mass is 227 g/mol. The molecule has 1 saturated heterocycles. The van der Waals surface area contributed by atoms with E-state index in [0.29, 0.717) is 6.04 Å². The van der Waals surface area contributed by atoms with E-state index in [4.69, 9.17) is 11.6 Å². The minimum absolute atomic E-state index is 0.221. The Hall–Kier alpha value is -0.600. The maximum absolute atomic E-state index is 13.0. The van der Waals surface area contributed by atoms with Crippen molar-refractivity contribution < 1.29 is 4.39 Å². The van der Waals surface area contributed by atoms with E-state index in [0.717, 1.165) is 18.5 Å². The summed E-state index contributed by atoms with van der Waals surface area (Å²) in [6, 6.07) is 5.35. The van der Waals surface area contributed by atoms with Crippen LogP contribution in [-0.2, 0) is 0 Å². The molecule has 1 aliphatic rings. The molecule has 1 atom stereocenters. The van der Waals surface area contributed by atoms with E-state index < -0.39 is 0 Å². The Morgan fingerprint density at radius 2 is 2.13 bits per heavy atom. The van der Waals surface area contributed by atoms with Crippen LogP contribution in [0.3, 0.4) is 0 Å². The molecular weight excluding hydrogens is 213 g/mol. The highest BCUT2D eigenvalue weighted by Gasteiger charge is 2.14. The predicted octanol–water partition coefficient (Wildman–Crippen LogP) is 3.68. The van der Waals surface area contributed by atoms with Gasteiger partial charge in [-0.05, 0) is 37.1 Å². The molecule has 15 heavy (non-hydrogen) atoms. The zero-order valence-corrected chi connectivity index (χ0v) is 9.36. The summed E-state index contributed by atoms with van der Waals surface area (Å²) >= 11 is 5.77. The standard InChI is InChI=1S/C12H15ClFN/c13-10-8-9(5-6-11(10)14)12-4-2-1-3-7-15-12/h5-6,8,12,15H,1-4,7H2. The lowest BCUT2D eigenvalue weighted by molar-refractivity contribution is 0.533. The first-order valence-corrected chi connectivity index (χ1v) is 5.83. The molecule has 0 aromatic heterocycles. The summed E-state index contributed by atoms with van der Waals surface area (Å²) in [5, 5.41) is 3.68. The van der Waals surface area contributed by atoms with E-state index >= 15 is 0 Å². The molecule has 3 heteroatoms. The molecule has 1 unspecified atom stereocenters. The third-order valence-corrected chi connectivity index (χ3v) is 3.20. The van der Waals surface area contributed by atoms with Gasteiger partial charge in [-0.3, -0.25) is 0 Å². The highest BCUT2D eigenvalue weighted by Crippen LogP contribution is 2.26. The van der Waals surface area contributed by atoms with Gasteiger partial charge in [0.1, 0.15) is 5.82 Å². The Kier molecular flexibility index (Phi) is 3.60. The van der Waals surface area contributed by atoms with Gasteiger partial charge in [-0.2, -0.15) is 0 Å². The van der Waals surface area contributed by atoms with Crippen molar-refractivity contribution in [2.75, 3.05) is 6.54 Å². The molecule has 0 bridgehead atoms. The fourth-order valence-electron chi connectivity index (χ4n) is 2.04. The molecule has 0 saturated carbocycles. The van der Waals surface area contributed by atoms with Crippen LogP contribution in [0.2, 0.25) is 5.02 Å². The second-order valence-corrected chi connectivity index (χ2v) is 4.44. The third-order valence-electron chi connectivity index (χ3n) is 2.91. The van der Waals surface area contributed by atoms with Crippen LogP contribution < -0.4 is 5.32 Å². The van der Waals surface area contributed by atoms with Gasteiger partial charge in [0.25, 0.3) is 0 Å². The molecule has 1 fully saturated rings. The molecule has 1 aromatic carbocycles. The molecule has 2 rings (SSSR count). The summed E-state index contributed by atoms with van der Waals surface area (Å²) in [5.74, 6) is -0.339. The van der Waals surface area contributed by atoms with Crippen LogP contribution in [0.5, 0.6) is 0 Å². The van der Waals surface area contributed by atoms with Gasteiger partial charge >= 0.3 is 0 Å². The van der Waals surface area contributed by atoms with Crippen molar-refractivity contribution in [1.29, 1.82) is 0 Å². The first-order chi connectivity index (χ1) is 7.27. The van der Waals surface area contributed by atoms with E-state index in [2.05, 4.69) is 5.32 Å². The molecule has 1 nitrogen and oxygen atoms in total. The van der Waals surface area contributed by atoms with Crippen LogP contribution in [0.4, 0.5) is 4.39 Å². The quantitative estimate of drug-likeness (QED) is 0.772. The molecule has 0 amide bonds. The van der Waals surface area contributed by atoms with E-state index in [1.165, 1.54) is 25.3 Å². The second-order valence-electron chi connectivity index (χ2n) is 4.03. The van der Waals surface area contributed by atoms with Crippen LogP contribution in [0.15, 0.2) is 18.2 Å². The molecule has 0 radical (unpaired) electrons. The van der Waals surface area contributed by atoms with Crippen molar-refractivity contribution >= 4 is 11.6 Å². The van der Waals surface area contributed by atoms with Crippen molar-refractivity contribution in [3.05, 3.63) is 34.6 Å². The Morgan fingerprint density at radius 3 is 2.93 bits per heavy atom. The minimum atomic E-state index is -0.339. The van der Waals surface area contributed by atoms with Crippen molar-refractivity contribution in [2.24, 2.45) is 0 Å². The van der Waals surface area contributed by atoms with Gasteiger partial charge in [-0.1, -0.05) is 30.5 Å². The van der Waals surface area contributed by atoms with Gasteiger partial charge in [0.2, 0.25) is 0 Å². The topological polar surface area (TPSA) is 12.0 Å². The first-order valence-electron chi connectivity index (χ1n) is 5.46. The zero-order chi connectivity index (χ0) is 10.7. The normalized spacial score (nSPS) is 22.4. The first kappa shape index (κ1) is 10.9. The smallest absolute Gasteiger partial charge is 0.141 e. The third kappa shape index (κ3) is 2.70. The van der Waals surface area contributed by atoms with E-state index in [-0.39, 0.29) is 10.8 Å². The number of hydrogen-bond acceptors (Lipinski definition) is 1. The fourth-order valence-corrected chi connectivity index (χ4v) is 2.23. The lowest BCUT2D eigenvalue weighted by atomic mass is 10.0. The molecule has 0 spiro atoms. The predicted molar refractivity (Wildman–Crippen MR) is 60.6 cm³/mol. The largest absolute Gasteiger partial charge is 0.310 e. The Morgan fingerprint density at radius 1 is 1.27 bits per heavy atom. The van der Waals surface area contributed by atoms with Crippen molar-refractivity contribution in [3.63, 3.8) is 0 Å². The summed E-state index contributed by atoms with van der Waals surface area (Å²) in [6.45, 7) is 1.04. The molecule has 1 heterocycles. The number of benzene rings is 1. The maximum atomic E-state index is 13.0. The van der Waals surface area contributed by atoms with Crippen LogP contribution in [-0.4, -0.2) is 6.54 Å². The summed E-state index contributed by atoms with van der Waals surface area (Å²) in [6.07, 6.45) is 4.85. The highest BCUT2D eigenvalue weighted by atomic mass is 35.5. The Labute approximate surface area is 94.6 Å². The lowest BCUT2D eigenvalue weighted by Crippen LogP contribution is -2.20. The van der Waals surface area contributed by atoms with Crippen LogP contribution in [0.1, 0.15) is 37.3 Å². The second kappa shape index (κ2) is 4.95. The SMILES string of the molecule is Fc1ccc(C2CCCCCN2)cc1Cl. The average Bonchev–Trinajstić information content (AvgIpc) is 2.50. The summed E-state index contributed by atoms with van der Waals surface area (Å²) in [5.41, 5.74) is 1.10. The fraction of sp³-hybridized carbons (Fsp3) is 0.500. The number of hydrogen-bond donors (Lipinski definition) is 1.